The molecule has 6 rings (SSSR count). The van der Waals surface area contributed by atoms with Crippen LogP contribution in [0.3, 0.4) is 0 Å². The Morgan fingerprint density at radius 2 is 1.92 bits per heavy atom. The van der Waals surface area contributed by atoms with Gasteiger partial charge < -0.3 is 15.5 Å². The van der Waals surface area contributed by atoms with E-state index in [1.54, 1.807) is 12.4 Å². The Kier molecular flexibility index (Phi) is 3.26. The van der Waals surface area contributed by atoms with Crippen molar-refractivity contribution in [3.63, 3.8) is 0 Å². The van der Waals surface area contributed by atoms with E-state index in [1.807, 2.05) is 11.0 Å². The molecule has 4 aliphatic rings. The first kappa shape index (κ1) is 14.8. The molecule has 8 heteroatoms. The number of nitrogens with zero attached hydrogens (tertiary/aromatic N) is 6. The molecular formula is C17H20FN7. The lowest BCUT2D eigenvalue weighted by Crippen LogP contribution is -2.31. The molecule has 3 saturated heterocycles. The molecule has 2 bridgehead atoms. The first-order chi connectivity index (χ1) is 12.2. The molecule has 4 fully saturated rings. The van der Waals surface area contributed by atoms with Crippen LogP contribution < -0.4 is 15.5 Å². The number of nitrogens with two attached hydrogens (primary N) is 1. The zero-order valence-electron chi connectivity index (χ0n) is 13.8. The maximum atomic E-state index is 13.7. The summed E-state index contributed by atoms with van der Waals surface area (Å²) in [6, 6.07) is 2.44. The number of halogens is 1. The van der Waals surface area contributed by atoms with Crippen molar-refractivity contribution >= 4 is 17.7 Å². The van der Waals surface area contributed by atoms with E-state index in [0.717, 1.165) is 35.5 Å². The molecule has 2 aromatic heterocycles. The summed E-state index contributed by atoms with van der Waals surface area (Å²) >= 11 is 0. The Hall–Kier alpha value is -2.51. The highest BCUT2D eigenvalue weighted by molar-refractivity contribution is 5.64. The highest BCUT2D eigenvalue weighted by Crippen LogP contribution is 2.42. The zero-order chi connectivity index (χ0) is 17.0. The van der Waals surface area contributed by atoms with Crippen LogP contribution in [-0.4, -0.2) is 51.8 Å². The van der Waals surface area contributed by atoms with Gasteiger partial charge in [-0.3, -0.25) is 0 Å². The molecule has 3 aliphatic heterocycles. The van der Waals surface area contributed by atoms with Crippen molar-refractivity contribution in [3.8, 4) is 11.3 Å². The molecule has 2 aromatic rings. The van der Waals surface area contributed by atoms with Gasteiger partial charge in [0.05, 0.1) is 12.2 Å². The van der Waals surface area contributed by atoms with E-state index < -0.39 is 6.17 Å². The number of hydrogen-bond acceptors (Lipinski definition) is 7. The monoisotopic (exact) mass is 341 g/mol. The van der Waals surface area contributed by atoms with Gasteiger partial charge in [-0.15, -0.1) is 0 Å². The number of nitrogen functional groups attached to an aromatic ring is 1. The SMILES string of the molecule is Nc1ncc(-c2cc(N3CC[C@@H](F)C3)nc(N3CC4CC3C4)n2)cn1. The average molecular weight is 341 g/mol. The third-order valence-electron chi connectivity index (χ3n) is 5.49. The average Bonchev–Trinajstić information content (AvgIpc) is 3.29. The van der Waals surface area contributed by atoms with E-state index in [9.17, 15) is 4.39 Å². The van der Waals surface area contributed by atoms with Crippen LogP contribution in [0.4, 0.5) is 22.1 Å². The van der Waals surface area contributed by atoms with Crippen molar-refractivity contribution in [2.24, 2.45) is 5.92 Å². The van der Waals surface area contributed by atoms with Gasteiger partial charge in [-0.25, -0.2) is 19.3 Å². The Labute approximate surface area is 145 Å². The van der Waals surface area contributed by atoms with Crippen LogP contribution >= 0.6 is 0 Å². The summed E-state index contributed by atoms with van der Waals surface area (Å²) in [5.74, 6) is 2.51. The Bertz CT molecular complexity index is 790. The number of alkyl halides is 1. The van der Waals surface area contributed by atoms with Gasteiger partial charge in [-0.2, -0.15) is 4.98 Å². The molecule has 130 valence electrons. The number of rotatable bonds is 3. The first-order valence-corrected chi connectivity index (χ1v) is 8.78. The molecule has 1 aliphatic carbocycles. The minimum Gasteiger partial charge on any atom is -0.368 e. The van der Waals surface area contributed by atoms with Crippen LogP contribution in [0.2, 0.25) is 0 Å². The molecule has 5 heterocycles. The lowest BCUT2D eigenvalue weighted by molar-refractivity contribution is 0.364. The largest absolute Gasteiger partial charge is 0.368 e. The summed E-state index contributed by atoms with van der Waals surface area (Å²) in [6.45, 7) is 2.08. The van der Waals surface area contributed by atoms with Crippen LogP contribution in [0.25, 0.3) is 11.3 Å². The topological polar surface area (TPSA) is 84.1 Å². The third kappa shape index (κ3) is 2.56. The van der Waals surface area contributed by atoms with Gasteiger partial charge in [0, 0.05) is 43.2 Å². The number of hydrogen-bond donors (Lipinski definition) is 1. The van der Waals surface area contributed by atoms with Gasteiger partial charge in [0.15, 0.2) is 0 Å². The lowest BCUT2D eigenvalue weighted by atomic mass is 9.86. The van der Waals surface area contributed by atoms with Crippen LogP contribution in [-0.2, 0) is 0 Å². The second-order valence-corrected chi connectivity index (χ2v) is 7.22. The quantitative estimate of drug-likeness (QED) is 0.909. The molecule has 2 N–H and O–H groups in total. The molecular weight excluding hydrogens is 321 g/mol. The molecule has 25 heavy (non-hydrogen) atoms. The summed E-state index contributed by atoms with van der Waals surface area (Å²) in [5.41, 5.74) is 7.14. The fraction of sp³-hybridized carbons (Fsp3) is 0.529. The smallest absolute Gasteiger partial charge is 0.228 e. The zero-order valence-corrected chi connectivity index (χ0v) is 13.8. The Morgan fingerprint density at radius 3 is 2.56 bits per heavy atom. The van der Waals surface area contributed by atoms with Crippen molar-refractivity contribution in [3.05, 3.63) is 18.5 Å². The van der Waals surface area contributed by atoms with E-state index in [1.165, 1.54) is 12.8 Å². The molecule has 0 spiro atoms. The van der Waals surface area contributed by atoms with Gasteiger partial charge in [-0.1, -0.05) is 0 Å². The Morgan fingerprint density at radius 1 is 1.12 bits per heavy atom. The number of aromatic nitrogens is 4. The van der Waals surface area contributed by atoms with E-state index in [0.29, 0.717) is 25.6 Å². The van der Waals surface area contributed by atoms with Crippen LogP contribution in [0.1, 0.15) is 19.3 Å². The highest BCUT2D eigenvalue weighted by Gasteiger charge is 2.44. The number of anilines is 3. The molecule has 1 saturated carbocycles. The fourth-order valence-corrected chi connectivity index (χ4v) is 4.03. The second kappa shape index (κ2) is 5.50. The maximum absolute atomic E-state index is 13.7. The minimum absolute atomic E-state index is 0.235. The normalized spacial score (nSPS) is 27.6. The summed E-state index contributed by atoms with van der Waals surface area (Å²) < 4.78 is 13.7. The summed E-state index contributed by atoms with van der Waals surface area (Å²) in [4.78, 5) is 21.9. The van der Waals surface area contributed by atoms with Crippen LogP contribution in [0.15, 0.2) is 18.5 Å². The van der Waals surface area contributed by atoms with Crippen molar-refractivity contribution in [2.75, 3.05) is 35.2 Å². The molecule has 0 amide bonds. The molecule has 0 aromatic carbocycles. The van der Waals surface area contributed by atoms with Gasteiger partial charge in [0.2, 0.25) is 11.9 Å². The molecule has 0 radical (unpaired) electrons. The van der Waals surface area contributed by atoms with Crippen LogP contribution in [0.5, 0.6) is 0 Å². The highest BCUT2D eigenvalue weighted by atomic mass is 19.1. The second-order valence-electron chi connectivity index (χ2n) is 7.22. The predicted octanol–water partition coefficient (Wildman–Crippen LogP) is 1.66. The molecule has 7 nitrogen and oxygen atoms in total. The van der Waals surface area contributed by atoms with Gasteiger partial charge in [0.1, 0.15) is 12.0 Å². The van der Waals surface area contributed by atoms with Crippen molar-refractivity contribution < 1.29 is 4.39 Å². The van der Waals surface area contributed by atoms with E-state index >= 15 is 0 Å². The molecule has 0 unspecified atom stereocenters. The van der Waals surface area contributed by atoms with E-state index in [2.05, 4.69) is 14.9 Å². The van der Waals surface area contributed by atoms with Gasteiger partial charge >= 0.3 is 0 Å². The first-order valence-electron chi connectivity index (χ1n) is 8.78. The lowest BCUT2D eigenvalue weighted by Gasteiger charge is -2.27. The standard InChI is InChI=1S/C17H20FN7/c18-12-1-2-24(9-12)15-5-14(11-6-20-16(19)21-7-11)22-17(23-15)25-8-10-3-13(25)4-10/h5-7,10,12-13H,1-4,8-9H2,(H2,19,20,21)/t10?,12-,13?/m1/s1. The predicted molar refractivity (Wildman–Crippen MR) is 93.1 cm³/mol. The summed E-state index contributed by atoms with van der Waals surface area (Å²) in [7, 11) is 0. The maximum Gasteiger partial charge on any atom is 0.228 e. The summed E-state index contributed by atoms with van der Waals surface area (Å²) in [6.07, 6.45) is 5.55. The van der Waals surface area contributed by atoms with E-state index in [4.69, 9.17) is 15.7 Å². The minimum atomic E-state index is -0.790. The van der Waals surface area contributed by atoms with Crippen LogP contribution in [0, 0.1) is 5.92 Å². The van der Waals surface area contributed by atoms with Crippen molar-refractivity contribution in [2.45, 2.75) is 31.5 Å². The summed E-state index contributed by atoms with van der Waals surface area (Å²) in [5, 5.41) is 0. The van der Waals surface area contributed by atoms with E-state index in [-0.39, 0.29) is 5.95 Å². The Balaban J connectivity index is 1.56. The van der Waals surface area contributed by atoms with Crippen molar-refractivity contribution in [1.29, 1.82) is 0 Å². The third-order valence-corrected chi connectivity index (χ3v) is 5.49. The van der Waals surface area contributed by atoms with Crippen molar-refractivity contribution in [1.82, 2.24) is 19.9 Å². The van der Waals surface area contributed by atoms with Gasteiger partial charge in [0.25, 0.3) is 0 Å². The number of fused-ring (bicyclic) bond motifs is 1. The molecule has 1 atom stereocenters. The fourth-order valence-electron chi connectivity index (χ4n) is 4.03. The van der Waals surface area contributed by atoms with Gasteiger partial charge in [-0.05, 0) is 25.2 Å².